The fourth-order valence-corrected chi connectivity index (χ4v) is 1.74. The Morgan fingerprint density at radius 3 is 2.75 bits per heavy atom. The van der Waals surface area contributed by atoms with Crippen molar-refractivity contribution in [1.82, 2.24) is 0 Å². The number of rotatable bonds is 3. The molecule has 0 aliphatic heterocycles. The highest BCUT2D eigenvalue weighted by Gasteiger charge is 2.08. The van der Waals surface area contributed by atoms with Crippen LogP contribution in [0.2, 0.25) is 0 Å². The van der Waals surface area contributed by atoms with Crippen LogP contribution in [0.4, 0.5) is 0 Å². The van der Waals surface area contributed by atoms with Gasteiger partial charge in [0.25, 0.3) is 0 Å². The lowest BCUT2D eigenvalue weighted by Gasteiger charge is -2.08. The third-order valence-corrected chi connectivity index (χ3v) is 2.41. The predicted molar refractivity (Wildman–Crippen MR) is 63.6 cm³/mol. The van der Waals surface area contributed by atoms with E-state index < -0.39 is 5.91 Å². The SMILES string of the molecule is CCOc1cc(C(N)=O)c2ccccc2c1. The van der Waals surface area contributed by atoms with Crippen LogP contribution in [0.25, 0.3) is 10.8 Å². The molecule has 82 valence electrons. The number of fused-ring (bicyclic) bond motifs is 1. The predicted octanol–water partition coefficient (Wildman–Crippen LogP) is 2.34. The molecule has 0 saturated carbocycles. The Hall–Kier alpha value is -2.03. The van der Waals surface area contributed by atoms with Crippen molar-refractivity contribution < 1.29 is 9.53 Å². The molecule has 3 heteroatoms. The second kappa shape index (κ2) is 4.23. The van der Waals surface area contributed by atoms with Gasteiger partial charge in [-0.25, -0.2) is 0 Å². The van der Waals surface area contributed by atoms with Crippen LogP contribution in [0.1, 0.15) is 17.3 Å². The summed E-state index contributed by atoms with van der Waals surface area (Å²) < 4.78 is 5.40. The third kappa shape index (κ3) is 1.84. The first kappa shape index (κ1) is 10.5. The minimum Gasteiger partial charge on any atom is -0.494 e. The Morgan fingerprint density at radius 1 is 1.31 bits per heavy atom. The molecule has 0 bridgehead atoms. The number of benzene rings is 2. The lowest BCUT2D eigenvalue weighted by atomic mass is 10.0. The molecule has 16 heavy (non-hydrogen) atoms. The van der Waals surface area contributed by atoms with E-state index in [0.29, 0.717) is 17.9 Å². The summed E-state index contributed by atoms with van der Waals surface area (Å²) in [6, 6.07) is 11.2. The first-order chi connectivity index (χ1) is 7.72. The third-order valence-electron chi connectivity index (χ3n) is 2.41. The van der Waals surface area contributed by atoms with E-state index in [4.69, 9.17) is 10.5 Å². The van der Waals surface area contributed by atoms with Gasteiger partial charge in [-0.05, 0) is 29.8 Å². The molecule has 0 aromatic heterocycles. The fraction of sp³-hybridized carbons (Fsp3) is 0.154. The fourth-order valence-electron chi connectivity index (χ4n) is 1.74. The van der Waals surface area contributed by atoms with Gasteiger partial charge in [0.15, 0.2) is 0 Å². The molecular formula is C13H13NO2. The summed E-state index contributed by atoms with van der Waals surface area (Å²) in [5.41, 5.74) is 5.85. The molecule has 0 spiro atoms. The molecule has 0 aliphatic carbocycles. The average Bonchev–Trinajstić information content (AvgIpc) is 2.28. The standard InChI is InChI=1S/C13H13NO2/c1-2-16-10-7-9-5-3-4-6-11(9)12(8-10)13(14)15/h3-8H,2H2,1H3,(H2,14,15). The molecule has 2 rings (SSSR count). The molecule has 0 atom stereocenters. The summed E-state index contributed by atoms with van der Waals surface area (Å²) in [5.74, 6) is 0.243. The first-order valence-electron chi connectivity index (χ1n) is 5.17. The topological polar surface area (TPSA) is 52.3 Å². The molecule has 1 amide bonds. The number of hydrogen-bond acceptors (Lipinski definition) is 2. The van der Waals surface area contributed by atoms with E-state index in [9.17, 15) is 4.79 Å². The van der Waals surface area contributed by atoms with Gasteiger partial charge in [0.2, 0.25) is 5.91 Å². The van der Waals surface area contributed by atoms with Gasteiger partial charge in [0.05, 0.1) is 12.2 Å². The number of amides is 1. The molecule has 0 radical (unpaired) electrons. The second-order valence-electron chi connectivity index (χ2n) is 3.49. The summed E-state index contributed by atoms with van der Waals surface area (Å²) in [7, 11) is 0. The smallest absolute Gasteiger partial charge is 0.249 e. The highest BCUT2D eigenvalue weighted by molar-refractivity contribution is 6.07. The van der Waals surface area contributed by atoms with E-state index >= 15 is 0 Å². The van der Waals surface area contributed by atoms with Crippen molar-refractivity contribution in [2.45, 2.75) is 6.92 Å². The minimum absolute atomic E-state index is 0.433. The van der Waals surface area contributed by atoms with Gasteiger partial charge in [-0.2, -0.15) is 0 Å². The molecule has 2 aromatic carbocycles. The Morgan fingerprint density at radius 2 is 2.06 bits per heavy atom. The van der Waals surface area contributed by atoms with Crippen LogP contribution < -0.4 is 10.5 Å². The van der Waals surface area contributed by atoms with Crippen LogP contribution >= 0.6 is 0 Å². The number of carbonyl (C=O) groups excluding carboxylic acids is 1. The van der Waals surface area contributed by atoms with Gasteiger partial charge in [-0.3, -0.25) is 4.79 Å². The lowest BCUT2D eigenvalue weighted by molar-refractivity contribution is 0.100. The van der Waals surface area contributed by atoms with Gasteiger partial charge >= 0.3 is 0 Å². The van der Waals surface area contributed by atoms with Crippen LogP contribution in [-0.2, 0) is 0 Å². The monoisotopic (exact) mass is 215 g/mol. The van der Waals surface area contributed by atoms with Crippen LogP contribution in [0, 0.1) is 0 Å². The molecule has 0 fully saturated rings. The largest absolute Gasteiger partial charge is 0.494 e. The maximum Gasteiger partial charge on any atom is 0.249 e. The van der Waals surface area contributed by atoms with E-state index in [0.717, 1.165) is 10.8 Å². The van der Waals surface area contributed by atoms with E-state index in [-0.39, 0.29) is 0 Å². The number of hydrogen-bond donors (Lipinski definition) is 1. The van der Waals surface area contributed by atoms with Crippen molar-refractivity contribution in [2.75, 3.05) is 6.61 Å². The number of nitrogens with two attached hydrogens (primary N) is 1. The van der Waals surface area contributed by atoms with Crippen molar-refractivity contribution in [3.05, 3.63) is 42.0 Å². The average molecular weight is 215 g/mol. The summed E-state index contributed by atoms with van der Waals surface area (Å²) in [6.45, 7) is 2.47. The first-order valence-corrected chi connectivity index (χ1v) is 5.17. The lowest BCUT2D eigenvalue weighted by Crippen LogP contribution is -2.11. The second-order valence-corrected chi connectivity index (χ2v) is 3.49. The molecule has 0 saturated heterocycles. The Kier molecular flexibility index (Phi) is 2.77. The van der Waals surface area contributed by atoms with Crippen molar-refractivity contribution >= 4 is 16.7 Å². The van der Waals surface area contributed by atoms with E-state index in [2.05, 4.69) is 0 Å². The highest BCUT2D eigenvalue weighted by atomic mass is 16.5. The van der Waals surface area contributed by atoms with Crippen molar-refractivity contribution in [1.29, 1.82) is 0 Å². The van der Waals surface area contributed by atoms with Crippen LogP contribution in [0.3, 0.4) is 0 Å². The summed E-state index contributed by atoms with van der Waals surface area (Å²) >= 11 is 0. The molecule has 3 nitrogen and oxygen atoms in total. The van der Waals surface area contributed by atoms with Gasteiger partial charge in [0.1, 0.15) is 5.75 Å². The Labute approximate surface area is 93.8 Å². The molecular weight excluding hydrogens is 202 g/mol. The van der Waals surface area contributed by atoms with E-state index in [1.807, 2.05) is 37.3 Å². The van der Waals surface area contributed by atoms with Gasteiger partial charge < -0.3 is 10.5 Å². The van der Waals surface area contributed by atoms with Gasteiger partial charge in [-0.1, -0.05) is 24.3 Å². The molecule has 2 N–H and O–H groups in total. The van der Waals surface area contributed by atoms with Crippen LogP contribution in [0.5, 0.6) is 5.75 Å². The number of carbonyl (C=O) groups is 1. The molecule has 0 unspecified atom stereocenters. The number of ether oxygens (including phenoxy) is 1. The minimum atomic E-state index is -0.433. The Balaban J connectivity index is 2.68. The summed E-state index contributed by atoms with van der Waals surface area (Å²) in [6.07, 6.45) is 0. The maximum absolute atomic E-state index is 11.3. The molecule has 0 aliphatic rings. The van der Waals surface area contributed by atoms with E-state index in [1.165, 1.54) is 0 Å². The Bertz CT molecular complexity index is 534. The maximum atomic E-state index is 11.3. The molecule has 2 aromatic rings. The summed E-state index contributed by atoms with van der Waals surface area (Å²) in [5, 5.41) is 1.82. The highest BCUT2D eigenvalue weighted by Crippen LogP contribution is 2.25. The van der Waals surface area contributed by atoms with E-state index in [1.54, 1.807) is 6.07 Å². The summed E-state index contributed by atoms with van der Waals surface area (Å²) in [4.78, 5) is 11.3. The zero-order chi connectivity index (χ0) is 11.5. The van der Waals surface area contributed by atoms with Crippen molar-refractivity contribution in [3.63, 3.8) is 0 Å². The van der Waals surface area contributed by atoms with Crippen LogP contribution in [-0.4, -0.2) is 12.5 Å². The molecule has 0 heterocycles. The zero-order valence-corrected chi connectivity index (χ0v) is 9.07. The quantitative estimate of drug-likeness (QED) is 0.854. The zero-order valence-electron chi connectivity index (χ0n) is 9.07. The van der Waals surface area contributed by atoms with Gasteiger partial charge in [-0.15, -0.1) is 0 Å². The van der Waals surface area contributed by atoms with Crippen LogP contribution in [0.15, 0.2) is 36.4 Å². The van der Waals surface area contributed by atoms with Gasteiger partial charge in [0, 0.05) is 0 Å². The normalized spacial score (nSPS) is 10.3. The van der Waals surface area contributed by atoms with Crippen molar-refractivity contribution in [2.24, 2.45) is 5.73 Å². The number of primary amides is 1. The van der Waals surface area contributed by atoms with Crippen molar-refractivity contribution in [3.8, 4) is 5.75 Å².